The lowest BCUT2D eigenvalue weighted by Gasteiger charge is -1.98. The Labute approximate surface area is 125 Å². The molecule has 0 unspecified atom stereocenters. The monoisotopic (exact) mass is 395 g/mol. The molecule has 0 aliphatic rings. The van der Waals surface area contributed by atoms with Crippen molar-refractivity contribution in [3.05, 3.63) is 49.2 Å². The molecule has 0 saturated carbocycles. The number of furan rings is 1. The third kappa shape index (κ3) is 3.13. The molecule has 0 amide bonds. The highest BCUT2D eigenvalue weighted by Crippen LogP contribution is 2.32. The molecule has 2 aromatic rings. The van der Waals surface area contributed by atoms with E-state index in [0.29, 0.717) is 26.2 Å². The van der Waals surface area contributed by atoms with Gasteiger partial charge >= 0.3 is 0 Å². The molecule has 0 spiro atoms. The van der Waals surface area contributed by atoms with Crippen LogP contribution in [0.2, 0.25) is 10.0 Å². The smallest absolute Gasteiger partial charge is 0.184 e. The van der Waals surface area contributed by atoms with Crippen LogP contribution in [0.15, 0.2) is 42.8 Å². The standard InChI is InChI=1S/C11H5Br2Cl2NO/c12-7-4-6(17-11(7)13)5-16-9-3-1-2-8(14)10(9)15/h1-5H. The minimum absolute atomic E-state index is 0.426. The highest BCUT2D eigenvalue weighted by atomic mass is 79.9. The van der Waals surface area contributed by atoms with Crippen molar-refractivity contribution >= 4 is 67.0 Å². The molecule has 88 valence electrons. The van der Waals surface area contributed by atoms with E-state index in [1.807, 2.05) is 0 Å². The maximum atomic E-state index is 6.00. The Morgan fingerprint density at radius 3 is 2.65 bits per heavy atom. The second-order valence-electron chi connectivity index (χ2n) is 3.10. The first-order chi connectivity index (χ1) is 8.08. The van der Waals surface area contributed by atoms with Crippen molar-refractivity contribution in [3.63, 3.8) is 0 Å². The van der Waals surface area contributed by atoms with Gasteiger partial charge in [-0.2, -0.15) is 0 Å². The van der Waals surface area contributed by atoms with E-state index < -0.39 is 0 Å². The van der Waals surface area contributed by atoms with Crippen LogP contribution >= 0.6 is 55.1 Å². The molecular formula is C11H5Br2Cl2NO. The van der Waals surface area contributed by atoms with Crippen LogP contribution in [0, 0.1) is 0 Å². The molecule has 2 nitrogen and oxygen atoms in total. The van der Waals surface area contributed by atoms with E-state index in [1.165, 1.54) is 0 Å². The Morgan fingerprint density at radius 2 is 2.00 bits per heavy atom. The lowest BCUT2D eigenvalue weighted by atomic mass is 10.3. The Balaban J connectivity index is 2.29. The van der Waals surface area contributed by atoms with Crippen LogP contribution in [0.25, 0.3) is 0 Å². The SMILES string of the molecule is Clc1cccc(N=Cc2cc(Br)c(Br)o2)c1Cl. The number of halogens is 4. The van der Waals surface area contributed by atoms with Gasteiger partial charge in [-0.3, -0.25) is 4.99 Å². The first kappa shape index (κ1) is 13.1. The van der Waals surface area contributed by atoms with Crippen molar-refractivity contribution < 1.29 is 4.42 Å². The summed E-state index contributed by atoms with van der Waals surface area (Å²) < 4.78 is 6.80. The van der Waals surface area contributed by atoms with Crippen LogP contribution in [-0.2, 0) is 0 Å². The molecule has 0 saturated heterocycles. The van der Waals surface area contributed by atoms with Gasteiger partial charge in [0.15, 0.2) is 4.67 Å². The normalized spacial score (nSPS) is 11.3. The molecule has 0 atom stereocenters. The van der Waals surface area contributed by atoms with E-state index in [0.717, 1.165) is 4.47 Å². The summed E-state index contributed by atoms with van der Waals surface area (Å²) in [7, 11) is 0. The second-order valence-corrected chi connectivity index (χ2v) is 5.46. The largest absolute Gasteiger partial charge is 0.447 e. The summed E-state index contributed by atoms with van der Waals surface area (Å²) in [6.07, 6.45) is 1.58. The summed E-state index contributed by atoms with van der Waals surface area (Å²) in [4.78, 5) is 4.21. The van der Waals surface area contributed by atoms with Crippen LogP contribution in [0.5, 0.6) is 0 Å². The third-order valence-electron chi connectivity index (χ3n) is 1.93. The predicted octanol–water partition coefficient (Wildman–Crippen LogP) is 5.86. The minimum atomic E-state index is 0.426. The first-order valence-electron chi connectivity index (χ1n) is 4.51. The molecule has 0 bridgehead atoms. The van der Waals surface area contributed by atoms with Crippen LogP contribution in [-0.4, -0.2) is 6.21 Å². The molecule has 17 heavy (non-hydrogen) atoms. The molecule has 1 aromatic carbocycles. The summed E-state index contributed by atoms with van der Waals surface area (Å²) in [5.74, 6) is 0.611. The molecule has 0 N–H and O–H groups in total. The Morgan fingerprint density at radius 1 is 1.24 bits per heavy atom. The lowest BCUT2D eigenvalue weighted by Crippen LogP contribution is -1.75. The van der Waals surface area contributed by atoms with Crippen LogP contribution in [0.1, 0.15) is 5.76 Å². The lowest BCUT2D eigenvalue weighted by molar-refractivity contribution is 0.533. The molecule has 0 aliphatic carbocycles. The summed E-state index contributed by atoms with van der Waals surface area (Å²) in [6, 6.07) is 7.07. The number of hydrogen-bond donors (Lipinski definition) is 0. The zero-order chi connectivity index (χ0) is 12.4. The quantitative estimate of drug-likeness (QED) is 0.582. The number of aliphatic imine (C=N–C) groups is 1. The highest BCUT2D eigenvalue weighted by molar-refractivity contribution is 9.13. The van der Waals surface area contributed by atoms with Gasteiger partial charge in [-0.15, -0.1) is 0 Å². The topological polar surface area (TPSA) is 25.5 Å². The zero-order valence-electron chi connectivity index (χ0n) is 8.25. The van der Waals surface area contributed by atoms with Crippen molar-refractivity contribution in [2.45, 2.75) is 0 Å². The van der Waals surface area contributed by atoms with Crippen LogP contribution in [0.4, 0.5) is 5.69 Å². The number of hydrogen-bond acceptors (Lipinski definition) is 2. The summed E-state index contributed by atoms with van der Waals surface area (Å²) in [5.41, 5.74) is 0.600. The highest BCUT2D eigenvalue weighted by Gasteiger charge is 2.05. The Hall–Kier alpha value is -0.290. The third-order valence-corrected chi connectivity index (χ3v) is 4.45. The summed E-state index contributed by atoms with van der Waals surface area (Å²) in [6.45, 7) is 0. The van der Waals surface area contributed by atoms with E-state index in [9.17, 15) is 0 Å². The van der Waals surface area contributed by atoms with Gasteiger partial charge in [0, 0.05) is 6.07 Å². The van der Waals surface area contributed by atoms with Gasteiger partial charge < -0.3 is 4.42 Å². The van der Waals surface area contributed by atoms with E-state index in [2.05, 4.69) is 36.9 Å². The zero-order valence-corrected chi connectivity index (χ0v) is 12.9. The van der Waals surface area contributed by atoms with Crippen molar-refractivity contribution in [2.24, 2.45) is 4.99 Å². The summed E-state index contributed by atoms with van der Waals surface area (Å²) >= 11 is 18.4. The molecule has 6 heteroatoms. The van der Waals surface area contributed by atoms with E-state index in [-0.39, 0.29) is 0 Å². The Bertz CT molecular complexity index is 561. The van der Waals surface area contributed by atoms with Crippen LogP contribution in [0.3, 0.4) is 0 Å². The maximum Gasteiger partial charge on any atom is 0.184 e. The van der Waals surface area contributed by atoms with Gasteiger partial charge in [0.05, 0.1) is 26.4 Å². The van der Waals surface area contributed by atoms with Gasteiger partial charge in [-0.05, 0) is 44.0 Å². The molecule has 1 aromatic heterocycles. The molecule has 0 radical (unpaired) electrons. The number of benzene rings is 1. The van der Waals surface area contributed by atoms with Crippen molar-refractivity contribution in [2.75, 3.05) is 0 Å². The first-order valence-corrected chi connectivity index (χ1v) is 6.85. The number of nitrogens with zero attached hydrogens (tertiary/aromatic N) is 1. The average molecular weight is 398 g/mol. The van der Waals surface area contributed by atoms with Crippen LogP contribution < -0.4 is 0 Å². The van der Waals surface area contributed by atoms with Gasteiger partial charge in [-0.1, -0.05) is 29.3 Å². The van der Waals surface area contributed by atoms with Crippen molar-refractivity contribution in [1.29, 1.82) is 0 Å². The molecule has 2 rings (SSSR count). The predicted molar refractivity (Wildman–Crippen MR) is 77.8 cm³/mol. The Kier molecular flexibility index (Phi) is 4.31. The minimum Gasteiger partial charge on any atom is -0.447 e. The van der Waals surface area contributed by atoms with Gasteiger partial charge in [-0.25, -0.2) is 0 Å². The second kappa shape index (κ2) is 5.57. The van der Waals surface area contributed by atoms with Crippen molar-refractivity contribution in [3.8, 4) is 0 Å². The number of rotatable bonds is 2. The molecule has 1 heterocycles. The van der Waals surface area contributed by atoms with Gasteiger partial charge in [0.1, 0.15) is 5.76 Å². The average Bonchev–Trinajstić information content (AvgIpc) is 2.61. The maximum absolute atomic E-state index is 6.00. The van der Waals surface area contributed by atoms with Gasteiger partial charge in [0.25, 0.3) is 0 Å². The van der Waals surface area contributed by atoms with Crippen molar-refractivity contribution in [1.82, 2.24) is 0 Å². The van der Waals surface area contributed by atoms with Gasteiger partial charge in [0.2, 0.25) is 0 Å². The van der Waals surface area contributed by atoms with E-state index >= 15 is 0 Å². The molecule has 0 fully saturated rings. The molecule has 0 aliphatic heterocycles. The van der Waals surface area contributed by atoms with E-state index in [1.54, 1.807) is 30.5 Å². The van der Waals surface area contributed by atoms with E-state index in [4.69, 9.17) is 27.6 Å². The fraction of sp³-hybridized carbons (Fsp3) is 0. The fourth-order valence-corrected chi connectivity index (χ4v) is 2.10. The summed E-state index contributed by atoms with van der Waals surface area (Å²) in [5, 5.41) is 0.901. The fourth-order valence-electron chi connectivity index (χ4n) is 1.15. The molecular weight excluding hydrogens is 393 g/mol.